The molecule has 0 aliphatic heterocycles. The fourth-order valence-electron chi connectivity index (χ4n) is 2.67. The fourth-order valence-corrected chi connectivity index (χ4v) is 4.99. The van der Waals surface area contributed by atoms with Crippen LogP contribution < -0.4 is 5.32 Å². The standard InChI is InChI=1S/C19H17N5OS3/c1-3-8-24-17(13-9-12(2)26-10-13)22-23-19(24)27-11-16(25)21-18-20-14-6-4-5-7-15(14)28-18/h3-7,9-10H,1,8,11H2,2H3,(H,20,21,25). The molecule has 0 atom stereocenters. The SMILES string of the molecule is C=CCn1c(SCC(=O)Nc2nc3ccccc3s2)nnc1-c1csc(C)c1. The number of thioether (sulfide) groups is 1. The molecule has 0 aliphatic rings. The molecule has 0 aliphatic carbocycles. The third-order valence-corrected chi connectivity index (χ3v) is 6.67. The lowest BCUT2D eigenvalue weighted by atomic mass is 10.3. The number of allylic oxidation sites excluding steroid dienone is 1. The number of anilines is 1. The number of nitrogens with zero attached hydrogens (tertiary/aromatic N) is 4. The molecule has 9 heteroatoms. The molecule has 1 N–H and O–H groups in total. The summed E-state index contributed by atoms with van der Waals surface area (Å²) in [6.45, 7) is 6.46. The van der Waals surface area contributed by atoms with Crippen LogP contribution in [-0.2, 0) is 11.3 Å². The Bertz CT molecular complexity index is 1110. The summed E-state index contributed by atoms with van der Waals surface area (Å²) < 4.78 is 3.02. The van der Waals surface area contributed by atoms with Gasteiger partial charge in [-0.3, -0.25) is 9.36 Å². The number of thiazole rings is 1. The highest BCUT2D eigenvalue weighted by Gasteiger charge is 2.16. The largest absolute Gasteiger partial charge is 0.301 e. The van der Waals surface area contributed by atoms with E-state index in [1.165, 1.54) is 28.0 Å². The number of hydrogen-bond donors (Lipinski definition) is 1. The number of rotatable bonds is 7. The van der Waals surface area contributed by atoms with Crippen LogP contribution >= 0.6 is 34.4 Å². The minimum atomic E-state index is -0.120. The first-order valence-corrected chi connectivity index (χ1v) is 11.2. The molecular formula is C19H17N5OS3. The van der Waals surface area contributed by atoms with Crippen molar-refractivity contribution in [3.8, 4) is 11.4 Å². The molecular weight excluding hydrogens is 410 g/mol. The van der Waals surface area contributed by atoms with Crippen LogP contribution in [0.2, 0.25) is 0 Å². The third kappa shape index (κ3) is 4.01. The number of amides is 1. The van der Waals surface area contributed by atoms with Gasteiger partial charge in [0.1, 0.15) is 0 Å². The second-order valence-corrected chi connectivity index (χ2v) is 9.06. The van der Waals surface area contributed by atoms with Crippen molar-refractivity contribution in [2.75, 3.05) is 11.1 Å². The van der Waals surface area contributed by atoms with Gasteiger partial charge in [-0.2, -0.15) is 0 Å². The molecule has 6 nitrogen and oxygen atoms in total. The Balaban J connectivity index is 1.45. The molecule has 0 spiro atoms. The predicted octanol–water partition coefficient (Wildman–Crippen LogP) is 4.84. The first-order valence-electron chi connectivity index (χ1n) is 8.52. The van der Waals surface area contributed by atoms with E-state index in [2.05, 4.69) is 45.4 Å². The van der Waals surface area contributed by atoms with Crippen LogP contribution in [-0.4, -0.2) is 31.4 Å². The maximum absolute atomic E-state index is 12.4. The molecule has 3 heterocycles. The first kappa shape index (κ1) is 18.9. The van der Waals surface area contributed by atoms with Gasteiger partial charge >= 0.3 is 0 Å². The molecule has 0 radical (unpaired) electrons. The summed E-state index contributed by atoms with van der Waals surface area (Å²) in [5, 5.41) is 14.8. The number of carbonyl (C=O) groups excluding carboxylic acids is 1. The Kier molecular flexibility index (Phi) is 5.56. The Hall–Kier alpha value is -2.49. The zero-order chi connectivity index (χ0) is 19.5. The highest BCUT2D eigenvalue weighted by atomic mass is 32.2. The van der Waals surface area contributed by atoms with Gasteiger partial charge in [0.25, 0.3) is 0 Å². The summed E-state index contributed by atoms with van der Waals surface area (Å²) in [6.07, 6.45) is 1.80. The van der Waals surface area contributed by atoms with Crippen LogP contribution in [0.5, 0.6) is 0 Å². The maximum Gasteiger partial charge on any atom is 0.236 e. The lowest BCUT2D eigenvalue weighted by molar-refractivity contribution is -0.113. The van der Waals surface area contributed by atoms with Crippen LogP contribution in [0.4, 0.5) is 5.13 Å². The van der Waals surface area contributed by atoms with Gasteiger partial charge in [0.05, 0.1) is 16.0 Å². The Morgan fingerprint density at radius 3 is 2.96 bits per heavy atom. The summed E-state index contributed by atoms with van der Waals surface area (Å²) in [7, 11) is 0. The van der Waals surface area contributed by atoms with Crippen LogP contribution in [0, 0.1) is 6.92 Å². The minimum absolute atomic E-state index is 0.120. The van der Waals surface area contributed by atoms with E-state index in [4.69, 9.17) is 0 Å². The normalized spacial score (nSPS) is 11.0. The number of para-hydroxylation sites is 1. The van der Waals surface area contributed by atoms with Gasteiger partial charge in [0, 0.05) is 22.4 Å². The summed E-state index contributed by atoms with van der Waals surface area (Å²) in [6, 6.07) is 9.90. The van der Waals surface area contributed by atoms with Crippen molar-refractivity contribution in [3.63, 3.8) is 0 Å². The van der Waals surface area contributed by atoms with Crippen LogP contribution in [0.25, 0.3) is 21.6 Å². The molecule has 142 valence electrons. The van der Waals surface area contributed by atoms with E-state index in [1.807, 2.05) is 28.8 Å². The van der Waals surface area contributed by atoms with Crippen LogP contribution in [0.1, 0.15) is 4.88 Å². The van der Waals surface area contributed by atoms with Crippen LogP contribution in [0.3, 0.4) is 0 Å². The summed E-state index contributed by atoms with van der Waals surface area (Å²) in [5.74, 6) is 0.900. The predicted molar refractivity (Wildman–Crippen MR) is 117 cm³/mol. The summed E-state index contributed by atoms with van der Waals surface area (Å²) in [4.78, 5) is 18.0. The molecule has 4 rings (SSSR count). The van der Waals surface area contributed by atoms with E-state index >= 15 is 0 Å². The summed E-state index contributed by atoms with van der Waals surface area (Å²) >= 11 is 4.49. The van der Waals surface area contributed by atoms with Gasteiger partial charge in [-0.25, -0.2) is 4.98 Å². The lowest BCUT2D eigenvalue weighted by Gasteiger charge is -2.06. The van der Waals surface area contributed by atoms with E-state index in [0.717, 1.165) is 21.6 Å². The maximum atomic E-state index is 12.4. The Morgan fingerprint density at radius 1 is 1.36 bits per heavy atom. The number of aryl methyl sites for hydroxylation is 1. The smallest absolute Gasteiger partial charge is 0.236 e. The molecule has 28 heavy (non-hydrogen) atoms. The fraction of sp³-hybridized carbons (Fsp3) is 0.158. The van der Waals surface area contributed by atoms with Crippen LogP contribution in [0.15, 0.2) is 53.5 Å². The molecule has 3 aromatic heterocycles. The van der Waals surface area contributed by atoms with E-state index < -0.39 is 0 Å². The molecule has 0 fully saturated rings. The zero-order valence-electron chi connectivity index (χ0n) is 15.1. The van der Waals surface area contributed by atoms with Crippen molar-refractivity contribution >= 4 is 55.7 Å². The quantitative estimate of drug-likeness (QED) is 0.337. The van der Waals surface area contributed by atoms with Gasteiger partial charge < -0.3 is 5.32 Å². The third-order valence-electron chi connectivity index (χ3n) is 3.89. The monoisotopic (exact) mass is 427 g/mol. The van der Waals surface area contributed by atoms with Crippen molar-refractivity contribution < 1.29 is 4.79 Å². The average Bonchev–Trinajstić information content (AvgIpc) is 3.38. The number of aromatic nitrogens is 4. The van der Waals surface area contributed by atoms with E-state index in [0.29, 0.717) is 16.8 Å². The van der Waals surface area contributed by atoms with Crippen molar-refractivity contribution in [1.29, 1.82) is 0 Å². The number of hydrogen-bond acceptors (Lipinski definition) is 7. The van der Waals surface area contributed by atoms with E-state index in [9.17, 15) is 4.79 Å². The number of thiophene rings is 1. The topological polar surface area (TPSA) is 72.7 Å². The molecule has 0 unspecified atom stereocenters. The first-order chi connectivity index (χ1) is 13.6. The highest BCUT2D eigenvalue weighted by Crippen LogP contribution is 2.28. The second-order valence-electron chi connectivity index (χ2n) is 5.98. The molecule has 0 saturated carbocycles. The Morgan fingerprint density at radius 2 is 2.21 bits per heavy atom. The molecule has 1 amide bonds. The van der Waals surface area contributed by atoms with Crippen molar-refractivity contribution in [1.82, 2.24) is 19.7 Å². The molecule has 4 aromatic rings. The van der Waals surface area contributed by atoms with E-state index in [-0.39, 0.29) is 11.7 Å². The van der Waals surface area contributed by atoms with Gasteiger partial charge in [0.15, 0.2) is 16.1 Å². The highest BCUT2D eigenvalue weighted by molar-refractivity contribution is 7.99. The zero-order valence-corrected chi connectivity index (χ0v) is 17.5. The van der Waals surface area contributed by atoms with E-state index in [1.54, 1.807) is 17.4 Å². The average molecular weight is 428 g/mol. The number of fused-ring (bicyclic) bond motifs is 1. The molecule has 0 bridgehead atoms. The minimum Gasteiger partial charge on any atom is -0.301 e. The van der Waals surface area contributed by atoms with Gasteiger partial charge in [-0.15, -0.1) is 28.1 Å². The molecule has 0 saturated heterocycles. The lowest BCUT2D eigenvalue weighted by Crippen LogP contribution is -2.14. The number of carbonyl (C=O) groups is 1. The summed E-state index contributed by atoms with van der Waals surface area (Å²) in [5.41, 5.74) is 1.92. The van der Waals surface area contributed by atoms with Gasteiger partial charge in [0.2, 0.25) is 5.91 Å². The van der Waals surface area contributed by atoms with Gasteiger partial charge in [-0.1, -0.05) is 41.3 Å². The van der Waals surface area contributed by atoms with Gasteiger partial charge in [-0.05, 0) is 25.1 Å². The second kappa shape index (κ2) is 8.26. The van der Waals surface area contributed by atoms with Crippen molar-refractivity contribution in [2.45, 2.75) is 18.6 Å². The van der Waals surface area contributed by atoms with Crippen molar-refractivity contribution in [2.24, 2.45) is 0 Å². The van der Waals surface area contributed by atoms with Crippen molar-refractivity contribution in [3.05, 3.63) is 53.2 Å². The number of benzene rings is 1. The number of nitrogens with one attached hydrogen (secondary N) is 1. The Labute approximate surface area is 174 Å². The molecule has 1 aromatic carbocycles.